The Hall–Kier alpha value is -4.01. The zero-order chi connectivity index (χ0) is 23.8. The quantitative estimate of drug-likeness (QED) is 0.183. The fraction of sp³-hybridized carbons (Fsp3) is 0.160. The molecule has 0 radical (unpaired) electrons. The summed E-state index contributed by atoms with van der Waals surface area (Å²) in [4.78, 5) is 41.2. The van der Waals surface area contributed by atoms with E-state index in [9.17, 15) is 19.5 Å². The number of aliphatic hydroxyl groups excluding tert-OH is 1. The van der Waals surface area contributed by atoms with Crippen LogP contribution in [0.2, 0.25) is 0 Å². The van der Waals surface area contributed by atoms with Crippen molar-refractivity contribution in [1.29, 1.82) is 0 Å². The number of carbonyl (C=O) groups excluding carboxylic acids is 3. The molecule has 0 saturated carbocycles. The van der Waals surface area contributed by atoms with Crippen LogP contribution in [-0.2, 0) is 21.0 Å². The second kappa shape index (κ2) is 11.0. The summed E-state index contributed by atoms with van der Waals surface area (Å²) in [6.45, 7) is 5.13. The fourth-order valence-electron chi connectivity index (χ4n) is 3.34. The van der Waals surface area contributed by atoms with Crippen molar-refractivity contribution in [1.82, 2.24) is 16.1 Å². The molecule has 3 aromatic carbocycles. The highest BCUT2D eigenvalue weighted by molar-refractivity contribution is 6.34. The summed E-state index contributed by atoms with van der Waals surface area (Å²) in [5, 5.41) is 16.8. The minimum absolute atomic E-state index is 0.0531. The molecule has 1 unspecified atom stereocenters. The maximum atomic E-state index is 13.0. The van der Waals surface area contributed by atoms with Crippen LogP contribution in [0.3, 0.4) is 0 Å². The van der Waals surface area contributed by atoms with Crippen LogP contribution in [0.25, 0.3) is 10.8 Å². The van der Waals surface area contributed by atoms with Gasteiger partial charge in [0, 0.05) is 12.1 Å². The van der Waals surface area contributed by atoms with Gasteiger partial charge in [0.15, 0.2) is 6.29 Å². The smallest absolute Gasteiger partial charge is 0.332 e. The Bertz CT molecular complexity index is 1170. The van der Waals surface area contributed by atoms with E-state index in [1.807, 2.05) is 54.9 Å². The molecule has 3 amide bonds. The topological polar surface area (TPSA) is 117 Å². The van der Waals surface area contributed by atoms with Gasteiger partial charge in [-0.2, -0.15) is 0 Å². The van der Waals surface area contributed by atoms with Crippen molar-refractivity contribution in [3.63, 3.8) is 0 Å². The van der Waals surface area contributed by atoms with E-state index in [1.54, 1.807) is 24.3 Å². The highest BCUT2D eigenvalue weighted by Gasteiger charge is 2.18. The first-order valence-electron chi connectivity index (χ1n) is 10.3. The van der Waals surface area contributed by atoms with Gasteiger partial charge < -0.3 is 15.7 Å². The zero-order valence-electron chi connectivity index (χ0n) is 18.1. The van der Waals surface area contributed by atoms with Crippen LogP contribution >= 0.6 is 0 Å². The van der Waals surface area contributed by atoms with E-state index in [-0.39, 0.29) is 18.5 Å². The Morgan fingerprint density at radius 3 is 2.48 bits per heavy atom. The lowest BCUT2D eigenvalue weighted by Crippen LogP contribution is -2.41. The molecule has 33 heavy (non-hydrogen) atoms. The average Bonchev–Trinajstić information content (AvgIpc) is 2.85. The standard InChI is InChI=1S/C25H25N3O5/c1-3-22(29)33-28-25(32)24(31)26-15-18-10-5-7-13-21(18)23(30)27-16(2)19-14-8-11-17-9-4-6-12-20(17)19/h3-14,16,22,29H,1,15H2,2H3,(H,26,31)(H,27,30)(H,28,32)/t16-,22?/m1/s1. The van der Waals surface area contributed by atoms with Crippen LogP contribution in [0, 0.1) is 0 Å². The predicted octanol–water partition coefficient (Wildman–Crippen LogP) is 2.50. The maximum Gasteiger partial charge on any atom is 0.332 e. The van der Waals surface area contributed by atoms with Gasteiger partial charge in [0.1, 0.15) is 0 Å². The number of nitrogens with one attached hydrogen (secondary N) is 3. The van der Waals surface area contributed by atoms with Crippen LogP contribution in [0.4, 0.5) is 0 Å². The van der Waals surface area contributed by atoms with Crippen molar-refractivity contribution >= 4 is 28.5 Å². The summed E-state index contributed by atoms with van der Waals surface area (Å²) in [5.41, 5.74) is 3.72. The van der Waals surface area contributed by atoms with Gasteiger partial charge in [-0.15, -0.1) is 0 Å². The van der Waals surface area contributed by atoms with E-state index < -0.39 is 18.1 Å². The third-order valence-corrected chi connectivity index (χ3v) is 5.02. The highest BCUT2D eigenvalue weighted by Crippen LogP contribution is 2.24. The lowest BCUT2D eigenvalue weighted by Gasteiger charge is -2.18. The molecule has 0 aliphatic carbocycles. The predicted molar refractivity (Wildman–Crippen MR) is 124 cm³/mol. The minimum atomic E-state index is -1.44. The van der Waals surface area contributed by atoms with E-state index in [0.29, 0.717) is 11.1 Å². The summed E-state index contributed by atoms with van der Waals surface area (Å²) in [5.74, 6) is -2.38. The third-order valence-electron chi connectivity index (χ3n) is 5.02. The molecule has 0 aromatic heterocycles. The van der Waals surface area contributed by atoms with E-state index in [2.05, 4.69) is 22.1 Å². The van der Waals surface area contributed by atoms with Crippen LogP contribution in [0.15, 0.2) is 79.4 Å². The number of rotatable bonds is 8. The molecule has 0 saturated heterocycles. The number of hydrogen-bond acceptors (Lipinski definition) is 5. The van der Waals surface area contributed by atoms with E-state index in [0.717, 1.165) is 22.4 Å². The van der Waals surface area contributed by atoms with Gasteiger partial charge in [-0.05, 0) is 41.0 Å². The summed E-state index contributed by atoms with van der Waals surface area (Å²) in [6, 6.07) is 20.4. The van der Waals surface area contributed by atoms with Gasteiger partial charge >= 0.3 is 11.8 Å². The van der Waals surface area contributed by atoms with Gasteiger partial charge in [0.05, 0.1) is 6.04 Å². The Kier molecular flexibility index (Phi) is 7.91. The molecule has 0 fully saturated rings. The number of amides is 3. The Balaban J connectivity index is 1.67. The number of carbonyl (C=O) groups is 3. The SMILES string of the molecule is C=CC(O)ONC(=O)C(=O)NCc1ccccc1C(=O)N[C@H](C)c1cccc2ccccc12. The van der Waals surface area contributed by atoms with Gasteiger partial charge in [-0.25, -0.2) is 10.3 Å². The van der Waals surface area contributed by atoms with Crippen molar-refractivity contribution in [2.75, 3.05) is 0 Å². The van der Waals surface area contributed by atoms with Gasteiger partial charge in [0.25, 0.3) is 5.91 Å². The van der Waals surface area contributed by atoms with Crippen molar-refractivity contribution in [2.45, 2.75) is 25.8 Å². The second-order valence-electron chi connectivity index (χ2n) is 7.28. The van der Waals surface area contributed by atoms with Crippen molar-refractivity contribution in [3.8, 4) is 0 Å². The highest BCUT2D eigenvalue weighted by atomic mass is 16.7. The molecule has 2 atom stereocenters. The number of fused-ring (bicyclic) bond motifs is 1. The molecule has 3 aromatic rings. The molecule has 0 aliphatic heterocycles. The van der Waals surface area contributed by atoms with Crippen LogP contribution in [-0.4, -0.2) is 29.1 Å². The Morgan fingerprint density at radius 1 is 1.00 bits per heavy atom. The first-order chi connectivity index (χ1) is 15.9. The summed E-state index contributed by atoms with van der Waals surface area (Å²) in [6.07, 6.45) is -0.401. The molecule has 170 valence electrons. The molecular formula is C25H25N3O5. The number of aliphatic hydroxyl groups is 1. The molecule has 0 heterocycles. The average molecular weight is 447 g/mol. The zero-order valence-corrected chi connectivity index (χ0v) is 18.1. The van der Waals surface area contributed by atoms with Crippen LogP contribution < -0.4 is 16.1 Å². The van der Waals surface area contributed by atoms with Crippen molar-refractivity contribution in [2.24, 2.45) is 0 Å². The molecule has 8 heteroatoms. The minimum Gasteiger partial charge on any atom is -0.363 e. The van der Waals surface area contributed by atoms with Crippen LogP contribution in [0.1, 0.15) is 34.5 Å². The Labute approximate surface area is 191 Å². The summed E-state index contributed by atoms with van der Waals surface area (Å²) in [7, 11) is 0. The molecular weight excluding hydrogens is 422 g/mol. The third kappa shape index (κ3) is 6.03. The fourth-order valence-corrected chi connectivity index (χ4v) is 3.34. The van der Waals surface area contributed by atoms with Gasteiger partial charge in [0.2, 0.25) is 0 Å². The normalized spacial score (nSPS) is 12.4. The molecule has 0 spiro atoms. The van der Waals surface area contributed by atoms with E-state index in [1.165, 1.54) is 0 Å². The molecule has 8 nitrogen and oxygen atoms in total. The van der Waals surface area contributed by atoms with Crippen molar-refractivity contribution in [3.05, 3.63) is 96.1 Å². The largest absolute Gasteiger partial charge is 0.363 e. The van der Waals surface area contributed by atoms with Crippen LogP contribution in [0.5, 0.6) is 0 Å². The first-order valence-corrected chi connectivity index (χ1v) is 10.3. The molecule has 4 N–H and O–H groups in total. The monoisotopic (exact) mass is 447 g/mol. The molecule has 0 aliphatic rings. The van der Waals surface area contributed by atoms with E-state index >= 15 is 0 Å². The maximum absolute atomic E-state index is 13.0. The lowest BCUT2D eigenvalue weighted by atomic mass is 9.99. The van der Waals surface area contributed by atoms with Crippen molar-refractivity contribution < 1.29 is 24.3 Å². The summed E-state index contributed by atoms with van der Waals surface area (Å²) >= 11 is 0. The first kappa shape index (κ1) is 23.6. The number of hydroxylamine groups is 1. The number of hydrogen-bond donors (Lipinski definition) is 4. The molecule has 0 bridgehead atoms. The molecule has 3 rings (SSSR count). The van der Waals surface area contributed by atoms with Gasteiger partial charge in [-0.1, -0.05) is 67.2 Å². The van der Waals surface area contributed by atoms with Gasteiger partial charge in [-0.3, -0.25) is 14.4 Å². The summed E-state index contributed by atoms with van der Waals surface area (Å²) < 4.78 is 0. The van der Waals surface area contributed by atoms with E-state index in [4.69, 9.17) is 0 Å². The lowest BCUT2D eigenvalue weighted by molar-refractivity contribution is -0.161. The number of benzene rings is 3. The second-order valence-corrected chi connectivity index (χ2v) is 7.28. The Morgan fingerprint density at radius 2 is 1.70 bits per heavy atom.